The molecule has 1 fully saturated rings. The van der Waals surface area contributed by atoms with Crippen LogP contribution in [0.2, 0.25) is 0 Å². The van der Waals surface area contributed by atoms with Crippen molar-refractivity contribution in [1.82, 2.24) is 10.2 Å². The van der Waals surface area contributed by atoms with E-state index in [0.717, 1.165) is 25.3 Å². The molecule has 1 aromatic carbocycles. The van der Waals surface area contributed by atoms with Crippen molar-refractivity contribution in [2.45, 2.75) is 45.6 Å². The molecule has 2 unspecified atom stereocenters. The predicted molar refractivity (Wildman–Crippen MR) is 101 cm³/mol. The quantitative estimate of drug-likeness (QED) is 0.653. The third-order valence-electron chi connectivity index (χ3n) is 4.51. The molecule has 0 aromatic heterocycles. The average Bonchev–Trinajstić information content (AvgIpc) is 2.57. The number of rotatable bonds is 8. The standard InChI is InChI=1S/C19H28BrFN2O2/c1-14-6-5-11-23(13-14)10-4-3-9-22-19(24)15(2)25-18-8-7-16(21)12-17(18)20/h7-8,12,14-15H,3-6,9-11,13H2,1-2H3,(H,22,24). The number of nitrogens with zero attached hydrogens (tertiary/aromatic N) is 1. The summed E-state index contributed by atoms with van der Waals surface area (Å²) in [6.07, 6.45) is 4.07. The van der Waals surface area contributed by atoms with Crippen molar-refractivity contribution in [3.05, 3.63) is 28.5 Å². The lowest BCUT2D eigenvalue weighted by molar-refractivity contribution is -0.127. The fourth-order valence-electron chi connectivity index (χ4n) is 3.12. The second-order valence-electron chi connectivity index (χ2n) is 6.88. The van der Waals surface area contributed by atoms with E-state index in [1.807, 2.05) is 0 Å². The van der Waals surface area contributed by atoms with Crippen molar-refractivity contribution in [2.24, 2.45) is 5.92 Å². The molecule has 1 N–H and O–H groups in total. The van der Waals surface area contributed by atoms with Crippen molar-refractivity contribution >= 4 is 21.8 Å². The molecule has 0 saturated carbocycles. The first kappa shape index (κ1) is 20.2. The summed E-state index contributed by atoms with van der Waals surface area (Å²) in [5, 5.41) is 2.91. The Morgan fingerprint density at radius 1 is 1.48 bits per heavy atom. The lowest BCUT2D eigenvalue weighted by atomic mass is 10.0. The van der Waals surface area contributed by atoms with E-state index in [-0.39, 0.29) is 11.7 Å². The Balaban J connectivity index is 1.62. The van der Waals surface area contributed by atoms with Gasteiger partial charge >= 0.3 is 0 Å². The van der Waals surface area contributed by atoms with Crippen LogP contribution in [0.3, 0.4) is 0 Å². The molecular weight excluding hydrogens is 387 g/mol. The minimum atomic E-state index is -0.621. The molecule has 1 aliphatic rings. The van der Waals surface area contributed by atoms with Gasteiger partial charge in [0.05, 0.1) is 4.47 Å². The van der Waals surface area contributed by atoms with E-state index in [4.69, 9.17) is 4.74 Å². The maximum absolute atomic E-state index is 13.1. The molecule has 2 rings (SSSR count). The minimum absolute atomic E-state index is 0.150. The number of likely N-dealkylation sites (tertiary alicyclic amines) is 1. The van der Waals surface area contributed by atoms with Crippen LogP contribution < -0.4 is 10.1 Å². The zero-order chi connectivity index (χ0) is 18.2. The van der Waals surface area contributed by atoms with Crippen LogP contribution in [-0.2, 0) is 4.79 Å². The summed E-state index contributed by atoms with van der Waals surface area (Å²) in [5.41, 5.74) is 0. The Labute approximate surface area is 158 Å². The van der Waals surface area contributed by atoms with Crippen LogP contribution in [-0.4, -0.2) is 43.1 Å². The predicted octanol–water partition coefficient (Wildman–Crippen LogP) is 3.98. The number of ether oxygens (including phenoxy) is 1. The van der Waals surface area contributed by atoms with E-state index >= 15 is 0 Å². The molecule has 1 saturated heterocycles. The Morgan fingerprint density at radius 3 is 3.00 bits per heavy atom. The molecule has 140 valence electrons. The van der Waals surface area contributed by atoms with Crippen LogP contribution in [0.5, 0.6) is 5.75 Å². The van der Waals surface area contributed by atoms with Gasteiger partial charge in [0.25, 0.3) is 5.91 Å². The van der Waals surface area contributed by atoms with E-state index in [0.29, 0.717) is 16.8 Å². The first-order valence-corrected chi connectivity index (χ1v) is 9.87. The number of unbranched alkanes of at least 4 members (excludes halogenated alkanes) is 1. The van der Waals surface area contributed by atoms with Crippen molar-refractivity contribution < 1.29 is 13.9 Å². The van der Waals surface area contributed by atoms with Crippen LogP contribution in [0.15, 0.2) is 22.7 Å². The Kier molecular flexibility index (Phi) is 8.16. The molecule has 2 atom stereocenters. The van der Waals surface area contributed by atoms with Crippen LogP contribution in [0.1, 0.15) is 39.5 Å². The van der Waals surface area contributed by atoms with Crippen LogP contribution in [0.25, 0.3) is 0 Å². The number of carbonyl (C=O) groups excluding carboxylic acids is 1. The monoisotopic (exact) mass is 414 g/mol. The number of amides is 1. The lowest BCUT2D eigenvalue weighted by Gasteiger charge is -2.30. The number of halogens is 2. The molecule has 25 heavy (non-hydrogen) atoms. The molecule has 6 heteroatoms. The highest BCUT2D eigenvalue weighted by atomic mass is 79.9. The maximum Gasteiger partial charge on any atom is 0.260 e. The second kappa shape index (κ2) is 10.1. The largest absolute Gasteiger partial charge is 0.480 e. The minimum Gasteiger partial charge on any atom is -0.480 e. The fraction of sp³-hybridized carbons (Fsp3) is 0.632. The normalized spacial score (nSPS) is 19.4. The highest BCUT2D eigenvalue weighted by Crippen LogP contribution is 2.26. The number of carbonyl (C=O) groups is 1. The first-order chi connectivity index (χ1) is 12.0. The van der Waals surface area contributed by atoms with Gasteiger partial charge in [0.2, 0.25) is 0 Å². The summed E-state index contributed by atoms with van der Waals surface area (Å²) < 4.78 is 19.2. The van der Waals surface area contributed by atoms with Gasteiger partial charge < -0.3 is 15.0 Å². The van der Waals surface area contributed by atoms with Crippen LogP contribution >= 0.6 is 15.9 Å². The number of hydrogen-bond donors (Lipinski definition) is 1. The first-order valence-electron chi connectivity index (χ1n) is 9.07. The molecule has 1 amide bonds. The molecule has 0 spiro atoms. The number of benzene rings is 1. The van der Waals surface area contributed by atoms with Gasteiger partial charge in [-0.3, -0.25) is 4.79 Å². The summed E-state index contributed by atoms with van der Waals surface area (Å²) in [4.78, 5) is 14.6. The molecule has 0 radical (unpaired) electrons. The molecular formula is C19H28BrFN2O2. The van der Waals surface area contributed by atoms with Crippen LogP contribution in [0, 0.1) is 11.7 Å². The van der Waals surface area contributed by atoms with Gasteiger partial charge in [-0.05, 0) is 85.7 Å². The van der Waals surface area contributed by atoms with Crippen molar-refractivity contribution in [1.29, 1.82) is 0 Å². The van der Waals surface area contributed by atoms with Crippen molar-refractivity contribution in [2.75, 3.05) is 26.2 Å². The van der Waals surface area contributed by atoms with E-state index in [1.165, 1.54) is 44.1 Å². The average molecular weight is 415 g/mol. The lowest BCUT2D eigenvalue weighted by Crippen LogP contribution is -2.37. The van der Waals surface area contributed by atoms with Gasteiger partial charge in [-0.2, -0.15) is 0 Å². The summed E-state index contributed by atoms with van der Waals surface area (Å²) in [7, 11) is 0. The summed E-state index contributed by atoms with van der Waals surface area (Å²) in [6.45, 7) is 8.17. The third-order valence-corrected chi connectivity index (χ3v) is 5.13. The Hall–Kier alpha value is -1.14. The molecule has 1 aliphatic heterocycles. The Bertz CT molecular complexity index is 570. The smallest absolute Gasteiger partial charge is 0.260 e. The third kappa shape index (κ3) is 6.94. The number of piperidine rings is 1. The summed E-state index contributed by atoms with van der Waals surface area (Å²) in [5.74, 6) is 0.766. The van der Waals surface area contributed by atoms with Gasteiger partial charge in [-0.25, -0.2) is 4.39 Å². The van der Waals surface area contributed by atoms with Gasteiger partial charge in [0.15, 0.2) is 6.10 Å². The van der Waals surface area contributed by atoms with E-state index in [2.05, 4.69) is 33.1 Å². The number of nitrogens with one attached hydrogen (secondary N) is 1. The van der Waals surface area contributed by atoms with E-state index in [1.54, 1.807) is 6.92 Å². The zero-order valence-corrected chi connectivity index (χ0v) is 16.6. The maximum atomic E-state index is 13.1. The SMILES string of the molecule is CC1CCCN(CCCCNC(=O)C(C)Oc2ccc(F)cc2Br)C1. The second-order valence-corrected chi connectivity index (χ2v) is 7.74. The Morgan fingerprint density at radius 2 is 2.28 bits per heavy atom. The van der Waals surface area contributed by atoms with E-state index in [9.17, 15) is 9.18 Å². The molecule has 0 aliphatic carbocycles. The van der Waals surface area contributed by atoms with Crippen LogP contribution in [0.4, 0.5) is 4.39 Å². The summed E-state index contributed by atoms with van der Waals surface area (Å²) in [6, 6.07) is 4.15. The zero-order valence-electron chi connectivity index (χ0n) is 15.1. The number of hydrogen-bond acceptors (Lipinski definition) is 3. The van der Waals surface area contributed by atoms with Gasteiger partial charge in [-0.1, -0.05) is 6.92 Å². The summed E-state index contributed by atoms with van der Waals surface area (Å²) >= 11 is 3.24. The molecule has 4 nitrogen and oxygen atoms in total. The van der Waals surface area contributed by atoms with Crippen molar-refractivity contribution in [3.8, 4) is 5.75 Å². The molecule has 0 bridgehead atoms. The topological polar surface area (TPSA) is 41.6 Å². The van der Waals surface area contributed by atoms with Gasteiger partial charge in [0, 0.05) is 13.1 Å². The van der Waals surface area contributed by atoms with E-state index < -0.39 is 6.10 Å². The highest BCUT2D eigenvalue weighted by molar-refractivity contribution is 9.10. The van der Waals surface area contributed by atoms with Gasteiger partial charge in [0.1, 0.15) is 11.6 Å². The van der Waals surface area contributed by atoms with Gasteiger partial charge in [-0.15, -0.1) is 0 Å². The highest BCUT2D eigenvalue weighted by Gasteiger charge is 2.17. The fourth-order valence-corrected chi connectivity index (χ4v) is 3.56. The molecule has 1 aromatic rings. The molecule has 1 heterocycles. The van der Waals surface area contributed by atoms with Crippen molar-refractivity contribution in [3.63, 3.8) is 0 Å².